The van der Waals surface area contributed by atoms with Crippen molar-refractivity contribution >= 4 is 23.2 Å². The summed E-state index contributed by atoms with van der Waals surface area (Å²) in [6.07, 6.45) is 3.92. The van der Waals surface area contributed by atoms with Gasteiger partial charge in [-0.05, 0) is 25.1 Å². The Kier molecular flexibility index (Phi) is 11.3. The van der Waals surface area contributed by atoms with Crippen molar-refractivity contribution < 1.29 is 19.0 Å². The van der Waals surface area contributed by atoms with Gasteiger partial charge in [-0.15, -0.1) is 0 Å². The van der Waals surface area contributed by atoms with E-state index in [-0.39, 0.29) is 19.2 Å². The van der Waals surface area contributed by atoms with Crippen molar-refractivity contribution in [3.05, 3.63) is 0 Å². The molecule has 0 saturated carbocycles. The van der Waals surface area contributed by atoms with Crippen LogP contribution in [0, 0.1) is 0 Å². The molecule has 0 aliphatic heterocycles. The van der Waals surface area contributed by atoms with Crippen LogP contribution in [0.3, 0.4) is 0 Å². The van der Waals surface area contributed by atoms with Crippen LogP contribution in [0.25, 0.3) is 0 Å². The van der Waals surface area contributed by atoms with Gasteiger partial charge < -0.3 is 14.2 Å². The van der Waals surface area contributed by atoms with Crippen molar-refractivity contribution in [3.8, 4) is 0 Å². The highest BCUT2D eigenvalue weighted by Crippen LogP contribution is 1.93. The first-order valence-corrected chi connectivity index (χ1v) is 6.50. The van der Waals surface area contributed by atoms with Gasteiger partial charge in [0.25, 0.3) is 0 Å². The molecule has 17 heavy (non-hydrogen) atoms. The van der Waals surface area contributed by atoms with Crippen LogP contribution in [0.5, 0.6) is 0 Å². The number of rotatable bonds is 10. The van der Waals surface area contributed by atoms with Gasteiger partial charge in [-0.25, -0.2) is 4.79 Å². The minimum atomic E-state index is -0.352. The van der Waals surface area contributed by atoms with Gasteiger partial charge in [0.2, 0.25) is 0 Å². The predicted octanol–water partition coefficient (Wildman–Crippen LogP) is 2.49. The molecule has 0 aliphatic carbocycles. The van der Waals surface area contributed by atoms with E-state index in [1.807, 2.05) is 6.92 Å². The van der Waals surface area contributed by atoms with Crippen LogP contribution in [0.2, 0.25) is 0 Å². The highest BCUT2D eigenvalue weighted by molar-refractivity contribution is 7.80. The number of unbranched alkanes of at least 4 members (excludes halogenated alkanes) is 2. The average molecular weight is 262 g/mol. The molecule has 0 bridgehead atoms. The summed E-state index contributed by atoms with van der Waals surface area (Å²) >= 11 is 4.93. The lowest BCUT2D eigenvalue weighted by Gasteiger charge is -2.07. The van der Waals surface area contributed by atoms with E-state index >= 15 is 0 Å². The second-order valence-electron chi connectivity index (χ2n) is 3.64. The summed E-state index contributed by atoms with van der Waals surface area (Å²) in [5.74, 6) is -0.352. The monoisotopic (exact) mass is 262 g/mol. The minimum absolute atomic E-state index is 0.0685. The van der Waals surface area contributed by atoms with Gasteiger partial charge in [0.1, 0.15) is 13.2 Å². The summed E-state index contributed by atoms with van der Waals surface area (Å²) < 4.78 is 15.2. The molecule has 0 aromatic rings. The van der Waals surface area contributed by atoms with E-state index in [9.17, 15) is 4.79 Å². The summed E-state index contributed by atoms with van der Waals surface area (Å²) in [5, 5.41) is 0.389. The molecule has 0 unspecified atom stereocenters. The van der Waals surface area contributed by atoms with Crippen LogP contribution in [-0.4, -0.2) is 37.4 Å². The summed E-state index contributed by atoms with van der Waals surface area (Å²) in [7, 11) is 0. The third-order valence-corrected chi connectivity index (χ3v) is 2.20. The summed E-state index contributed by atoms with van der Waals surface area (Å²) in [4.78, 5) is 11.1. The zero-order valence-electron chi connectivity index (χ0n) is 10.7. The number of hydrogen-bond donors (Lipinski definition) is 0. The van der Waals surface area contributed by atoms with E-state index in [1.54, 1.807) is 0 Å². The SMILES string of the molecule is CCCCOC(=O)COCC(=S)OCCCC. The lowest BCUT2D eigenvalue weighted by Crippen LogP contribution is -2.18. The molecule has 0 saturated heterocycles. The fourth-order valence-electron chi connectivity index (χ4n) is 0.962. The second kappa shape index (κ2) is 11.8. The third-order valence-electron chi connectivity index (χ3n) is 1.96. The highest BCUT2D eigenvalue weighted by atomic mass is 32.1. The lowest BCUT2D eigenvalue weighted by molar-refractivity contribution is -0.148. The topological polar surface area (TPSA) is 44.8 Å². The van der Waals surface area contributed by atoms with Gasteiger partial charge in [0, 0.05) is 0 Å². The summed E-state index contributed by atoms with van der Waals surface area (Å²) in [5.41, 5.74) is 0. The first-order chi connectivity index (χ1) is 8.20. The Morgan fingerprint density at radius 1 is 1.00 bits per heavy atom. The highest BCUT2D eigenvalue weighted by Gasteiger charge is 2.04. The molecule has 0 amide bonds. The van der Waals surface area contributed by atoms with Crippen LogP contribution in [0.4, 0.5) is 0 Å². The first kappa shape index (κ1) is 16.3. The summed E-state index contributed by atoms with van der Waals surface area (Å²) in [6.45, 7) is 5.28. The average Bonchev–Trinajstić information content (AvgIpc) is 2.30. The molecule has 0 aliphatic rings. The van der Waals surface area contributed by atoms with Crippen LogP contribution in [-0.2, 0) is 19.0 Å². The maximum absolute atomic E-state index is 11.1. The quantitative estimate of drug-likeness (QED) is 0.344. The fourth-order valence-corrected chi connectivity index (χ4v) is 1.13. The molecule has 0 fully saturated rings. The Hall–Kier alpha value is -0.680. The van der Waals surface area contributed by atoms with Gasteiger partial charge >= 0.3 is 5.97 Å². The smallest absolute Gasteiger partial charge is 0.332 e. The van der Waals surface area contributed by atoms with Crippen molar-refractivity contribution in [2.45, 2.75) is 39.5 Å². The molecular weight excluding hydrogens is 240 g/mol. The number of esters is 1. The van der Waals surface area contributed by atoms with Crippen LogP contribution in [0.15, 0.2) is 0 Å². The summed E-state index contributed by atoms with van der Waals surface area (Å²) in [6, 6.07) is 0. The molecule has 0 aromatic heterocycles. The number of ether oxygens (including phenoxy) is 3. The largest absolute Gasteiger partial charge is 0.485 e. The van der Waals surface area contributed by atoms with Gasteiger partial charge in [0.15, 0.2) is 5.05 Å². The molecule has 100 valence electrons. The number of carbonyl (C=O) groups is 1. The number of thiocarbonyl (C=S) groups is 1. The molecule has 4 nitrogen and oxygen atoms in total. The molecule has 0 aromatic carbocycles. The first-order valence-electron chi connectivity index (χ1n) is 6.09. The van der Waals surface area contributed by atoms with E-state index in [0.717, 1.165) is 25.7 Å². The third kappa shape index (κ3) is 11.6. The molecule has 5 heteroatoms. The Bertz CT molecular complexity index is 197. The Balaban J connectivity index is 3.36. The van der Waals surface area contributed by atoms with Crippen LogP contribution in [0.1, 0.15) is 39.5 Å². The number of carbonyl (C=O) groups excluding carboxylic acids is 1. The van der Waals surface area contributed by atoms with Gasteiger partial charge in [-0.1, -0.05) is 26.7 Å². The second-order valence-corrected chi connectivity index (χ2v) is 4.10. The zero-order chi connectivity index (χ0) is 12.9. The molecule has 0 heterocycles. The standard InChI is InChI=1S/C12H22O4S/c1-3-5-7-15-11(13)9-14-10-12(17)16-8-6-4-2/h3-10H2,1-2H3. The van der Waals surface area contributed by atoms with Crippen LogP contribution >= 0.6 is 12.2 Å². The predicted molar refractivity (Wildman–Crippen MR) is 70.1 cm³/mol. The van der Waals surface area contributed by atoms with Crippen molar-refractivity contribution in [2.75, 3.05) is 26.4 Å². The van der Waals surface area contributed by atoms with Crippen molar-refractivity contribution in [3.63, 3.8) is 0 Å². The molecule has 0 rings (SSSR count). The molecule has 0 spiro atoms. The molecule has 0 radical (unpaired) electrons. The van der Waals surface area contributed by atoms with Gasteiger partial charge in [-0.2, -0.15) is 0 Å². The maximum Gasteiger partial charge on any atom is 0.332 e. The Morgan fingerprint density at radius 2 is 1.59 bits per heavy atom. The molecular formula is C12H22O4S. The maximum atomic E-state index is 11.1. The van der Waals surface area contributed by atoms with E-state index in [1.165, 1.54) is 0 Å². The van der Waals surface area contributed by atoms with Gasteiger partial charge in [-0.3, -0.25) is 0 Å². The minimum Gasteiger partial charge on any atom is -0.485 e. The van der Waals surface area contributed by atoms with E-state index in [0.29, 0.717) is 18.3 Å². The van der Waals surface area contributed by atoms with Crippen molar-refractivity contribution in [1.29, 1.82) is 0 Å². The molecule has 0 atom stereocenters. The van der Waals surface area contributed by atoms with E-state index in [2.05, 4.69) is 6.92 Å². The Labute approximate surface area is 109 Å². The van der Waals surface area contributed by atoms with Gasteiger partial charge in [0.05, 0.1) is 13.2 Å². The van der Waals surface area contributed by atoms with Crippen molar-refractivity contribution in [2.24, 2.45) is 0 Å². The molecule has 0 N–H and O–H groups in total. The normalized spacial score (nSPS) is 10.0. The Morgan fingerprint density at radius 3 is 2.18 bits per heavy atom. The zero-order valence-corrected chi connectivity index (χ0v) is 11.5. The lowest BCUT2D eigenvalue weighted by atomic mass is 10.4. The fraction of sp³-hybridized carbons (Fsp3) is 0.833. The van der Waals surface area contributed by atoms with E-state index in [4.69, 9.17) is 26.4 Å². The number of hydrogen-bond acceptors (Lipinski definition) is 5. The van der Waals surface area contributed by atoms with Crippen LogP contribution < -0.4 is 0 Å². The van der Waals surface area contributed by atoms with E-state index < -0.39 is 0 Å². The van der Waals surface area contributed by atoms with Crippen molar-refractivity contribution in [1.82, 2.24) is 0 Å².